The van der Waals surface area contributed by atoms with E-state index in [0.717, 1.165) is 6.20 Å². The highest BCUT2D eigenvalue weighted by Gasteiger charge is 2.36. The van der Waals surface area contributed by atoms with Gasteiger partial charge in [0.15, 0.2) is 0 Å². The minimum atomic E-state index is -4.85. The van der Waals surface area contributed by atoms with E-state index in [4.69, 9.17) is 10.8 Å². The summed E-state index contributed by atoms with van der Waals surface area (Å²) in [6.45, 7) is 0. The first-order chi connectivity index (χ1) is 10.7. The van der Waals surface area contributed by atoms with E-state index in [-0.39, 0.29) is 0 Å². The Balaban J connectivity index is 2.44. The first-order valence-corrected chi connectivity index (χ1v) is 6.36. The fourth-order valence-electron chi connectivity index (χ4n) is 1.91. The highest BCUT2D eigenvalue weighted by molar-refractivity contribution is 5.90. The number of hydrogen-bond donors (Lipinski definition) is 2. The summed E-state index contributed by atoms with van der Waals surface area (Å²) < 4.78 is 43.0. The number of rotatable bonds is 2. The topological polar surface area (TPSA) is 78.9 Å². The second-order valence-electron chi connectivity index (χ2n) is 4.59. The number of halogens is 3. The molecule has 0 atom stereocenters. The third-order valence-electron chi connectivity index (χ3n) is 3.10. The van der Waals surface area contributed by atoms with Gasteiger partial charge in [0.25, 0.3) is 0 Å². The van der Waals surface area contributed by atoms with Crippen LogP contribution in [0.3, 0.4) is 0 Å². The number of carbonyl (C=O) groups is 1. The first-order valence-electron chi connectivity index (χ1n) is 6.36. The van der Waals surface area contributed by atoms with Crippen LogP contribution in [0, 0.1) is 10.8 Å². The molecular formula is C15H12F3N3O2. The monoisotopic (exact) mass is 323 g/mol. The number of benzene rings is 1. The Labute approximate surface area is 129 Å². The molecule has 2 N–H and O–H groups in total. The van der Waals surface area contributed by atoms with Crippen LogP contribution in [0.1, 0.15) is 10.4 Å². The van der Waals surface area contributed by atoms with Gasteiger partial charge in [-0.1, -0.05) is 12.1 Å². The first kappa shape index (κ1) is 16.5. The zero-order valence-electron chi connectivity index (χ0n) is 11.9. The standard InChI is InChI=1S/C15H12F3N3O2/c1-23-13(22)10-4-2-9(3-5-10)11-6-7-12(19)21(8-11)14(20)15(16,17)18/h2-8,19-20H,1H3. The van der Waals surface area contributed by atoms with Gasteiger partial charge < -0.3 is 4.74 Å². The molecule has 23 heavy (non-hydrogen) atoms. The molecule has 0 saturated carbocycles. The Morgan fingerprint density at radius 2 is 1.65 bits per heavy atom. The number of esters is 1. The van der Waals surface area contributed by atoms with Crippen molar-refractivity contribution in [2.24, 2.45) is 0 Å². The van der Waals surface area contributed by atoms with Crippen molar-refractivity contribution >= 4 is 11.8 Å². The van der Waals surface area contributed by atoms with Crippen LogP contribution in [0.2, 0.25) is 0 Å². The van der Waals surface area contributed by atoms with Crippen molar-refractivity contribution in [2.75, 3.05) is 7.11 Å². The van der Waals surface area contributed by atoms with Crippen LogP contribution >= 0.6 is 0 Å². The van der Waals surface area contributed by atoms with E-state index in [9.17, 15) is 18.0 Å². The maximum atomic E-state index is 12.6. The number of ether oxygens (including phenoxy) is 1. The summed E-state index contributed by atoms with van der Waals surface area (Å²) in [6.07, 6.45) is -3.79. The lowest BCUT2D eigenvalue weighted by atomic mass is 10.1. The molecule has 5 nitrogen and oxygen atoms in total. The smallest absolute Gasteiger partial charge is 0.449 e. The van der Waals surface area contributed by atoms with Crippen LogP contribution in [0.15, 0.2) is 42.6 Å². The Morgan fingerprint density at radius 3 is 2.17 bits per heavy atom. The summed E-state index contributed by atoms with van der Waals surface area (Å²) >= 11 is 0. The van der Waals surface area contributed by atoms with Gasteiger partial charge in [0, 0.05) is 6.20 Å². The zero-order valence-corrected chi connectivity index (χ0v) is 11.9. The van der Waals surface area contributed by atoms with Crippen molar-refractivity contribution in [1.29, 1.82) is 10.8 Å². The van der Waals surface area contributed by atoms with E-state index < -0.39 is 23.5 Å². The van der Waals surface area contributed by atoms with Crippen molar-refractivity contribution < 1.29 is 22.7 Å². The predicted octanol–water partition coefficient (Wildman–Crippen LogP) is 2.81. The summed E-state index contributed by atoms with van der Waals surface area (Å²) in [5.74, 6) is -2.16. The van der Waals surface area contributed by atoms with Gasteiger partial charge in [-0.2, -0.15) is 13.2 Å². The van der Waals surface area contributed by atoms with Crippen molar-refractivity contribution in [1.82, 2.24) is 4.57 Å². The van der Waals surface area contributed by atoms with Crippen molar-refractivity contribution in [3.8, 4) is 11.1 Å². The predicted molar refractivity (Wildman–Crippen MR) is 76.2 cm³/mol. The Hall–Kier alpha value is -2.90. The van der Waals surface area contributed by atoms with Gasteiger partial charge in [-0.3, -0.25) is 15.4 Å². The highest BCUT2D eigenvalue weighted by atomic mass is 19.4. The number of methoxy groups -OCH3 is 1. The second-order valence-corrected chi connectivity index (χ2v) is 4.59. The van der Waals surface area contributed by atoms with E-state index in [1.807, 2.05) is 0 Å². The molecular weight excluding hydrogens is 311 g/mol. The summed E-state index contributed by atoms with van der Waals surface area (Å²) in [5.41, 5.74) is 0.777. The molecule has 0 aliphatic rings. The lowest BCUT2D eigenvalue weighted by molar-refractivity contribution is -0.0626. The summed E-state index contributed by atoms with van der Waals surface area (Å²) in [4.78, 5) is 11.4. The number of aromatic nitrogens is 1. The third kappa shape index (κ3) is 3.47. The molecule has 1 aromatic heterocycles. The molecule has 120 valence electrons. The maximum Gasteiger partial charge on any atom is 0.449 e. The average Bonchev–Trinajstić information content (AvgIpc) is 2.53. The van der Waals surface area contributed by atoms with Gasteiger partial charge in [0.1, 0.15) is 5.49 Å². The van der Waals surface area contributed by atoms with Gasteiger partial charge in [0.05, 0.1) is 12.7 Å². The number of nitrogens with zero attached hydrogens (tertiary/aromatic N) is 1. The van der Waals surface area contributed by atoms with Crippen LogP contribution < -0.4 is 5.49 Å². The lowest BCUT2D eigenvalue weighted by Crippen LogP contribution is -2.36. The van der Waals surface area contributed by atoms with Crippen LogP contribution in [0.5, 0.6) is 0 Å². The fourth-order valence-corrected chi connectivity index (χ4v) is 1.91. The fraction of sp³-hybridized carbons (Fsp3) is 0.133. The van der Waals surface area contributed by atoms with Gasteiger partial charge in [-0.15, -0.1) is 0 Å². The number of pyridine rings is 1. The lowest BCUT2D eigenvalue weighted by Gasteiger charge is -2.13. The average molecular weight is 323 g/mol. The molecule has 1 aromatic carbocycles. The molecule has 2 rings (SSSR count). The Bertz CT molecular complexity index is 808. The van der Waals surface area contributed by atoms with E-state index >= 15 is 0 Å². The molecule has 1 heterocycles. The molecule has 0 radical (unpaired) electrons. The second kappa shape index (κ2) is 6.07. The van der Waals surface area contributed by atoms with Crippen LogP contribution in [-0.4, -0.2) is 29.7 Å². The molecule has 0 aliphatic heterocycles. The minimum Gasteiger partial charge on any atom is -0.465 e. The molecule has 0 aliphatic carbocycles. The van der Waals surface area contributed by atoms with E-state index in [2.05, 4.69) is 4.74 Å². The number of carbonyl (C=O) groups excluding carboxylic acids is 1. The Kier molecular flexibility index (Phi) is 4.35. The molecule has 8 heteroatoms. The quantitative estimate of drug-likeness (QED) is 0.506. The summed E-state index contributed by atoms with van der Waals surface area (Å²) in [7, 11) is 1.24. The largest absolute Gasteiger partial charge is 0.465 e. The number of nitrogens with one attached hydrogen (secondary N) is 2. The van der Waals surface area contributed by atoms with Gasteiger partial charge in [-0.25, -0.2) is 4.79 Å². The molecule has 0 unspecified atom stereocenters. The van der Waals surface area contributed by atoms with Gasteiger partial charge in [0.2, 0.25) is 5.84 Å². The van der Waals surface area contributed by atoms with Gasteiger partial charge in [-0.05, 0) is 35.4 Å². The Morgan fingerprint density at radius 1 is 1.09 bits per heavy atom. The van der Waals surface area contributed by atoms with Crippen molar-refractivity contribution in [3.63, 3.8) is 0 Å². The minimum absolute atomic E-state index is 0.310. The van der Waals surface area contributed by atoms with Crippen LogP contribution in [0.4, 0.5) is 13.2 Å². The molecule has 0 fully saturated rings. The number of hydrogen-bond acceptors (Lipinski definition) is 4. The van der Waals surface area contributed by atoms with E-state index in [0.29, 0.717) is 21.3 Å². The SMILES string of the molecule is COC(=O)c1ccc(-c2ccc(=N)n(C(=N)C(F)(F)F)c2)cc1. The molecule has 0 bridgehead atoms. The van der Waals surface area contributed by atoms with E-state index in [1.165, 1.54) is 31.4 Å². The molecule has 2 aromatic rings. The molecule has 0 saturated heterocycles. The van der Waals surface area contributed by atoms with Crippen molar-refractivity contribution in [3.05, 3.63) is 53.6 Å². The maximum absolute atomic E-state index is 12.6. The number of alkyl halides is 3. The summed E-state index contributed by atoms with van der Waals surface area (Å²) in [6, 6.07) is 8.70. The normalized spacial score (nSPS) is 11.1. The third-order valence-corrected chi connectivity index (χ3v) is 3.10. The molecule has 0 spiro atoms. The van der Waals surface area contributed by atoms with Crippen molar-refractivity contribution in [2.45, 2.75) is 6.18 Å². The zero-order chi connectivity index (χ0) is 17.2. The van der Waals surface area contributed by atoms with Crippen LogP contribution in [-0.2, 0) is 4.74 Å². The summed E-state index contributed by atoms with van der Waals surface area (Å²) in [5, 5.41) is 14.7. The van der Waals surface area contributed by atoms with Gasteiger partial charge >= 0.3 is 12.1 Å². The molecule has 0 amide bonds. The van der Waals surface area contributed by atoms with E-state index in [1.54, 1.807) is 12.1 Å². The van der Waals surface area contributed by atoms with Crippen LogP contribution in [0.25, 0.3) is 11.1 Å². The highest BCUT2D eigenvalue weighted by Crippen LogP contribution is 2.21.